The summed E-state index contributed by atoms with van der Waals surface area (Å²) in [5.41, 5.74) is 1.68. The van der Waals surface area contributed by atoms with Crippen LogP contribution in [0.3, 0.4) is 0 Å². The van der Waals surface area contributed by atoms with Crippen molar-refractivity contribution in [3.63, 3.8) is 0 Å². The van der Waals surface area contributed by atoms with E-state index in [2.05, 4.69) is 10.6 Å². The summed E-state index contributed by atoms with van der Waals surface area (Å²) in [4.78, 5) is 38.1. The number of amides is 2. The van der Waals surface area contributed by atoms with E-state index in [0.717, 1.165) is 5.56 Å². The molecule has 0 saturated carbocycles. The first-order valence-corrected chi connectivity index (χ1v) is 13.8. The molecule has 1 atom stereocenters. The molecule has 2 aromatic carbocycles. The molecule has 1 aromatic heterocycles. The minimum Gasteiger partial charge on any atom is -0.489 e. The molecule has 12 heteroatoms. The Hall–Kier alpha value is -3.90. The molecule has 0 aliphatic heterocycles. The van der Waals surface area contributed by atoms with Crippen LogP contribution in [0.1, 0.15) is 29.2 Å². The number of ether oxygens (including phenoxy) is 4. The second-order valence-corrected chi connectivity index (χ2v) is 9.71. The molecule has 0 spiro atoms. The fourth-order valence-electron chi connectivity index (χ4n) is 3.94. The van der Waals surface area contributed by atoms with E-state index in [1.165, 1.54) is 4.57 Å². The second kappa shape index (κ2) is 17.1. The zero-order chi connectivity index (χ0) is 30.3. The number of carboxylic acids is 1. The minimum absolute atomic E-state index is 0.105. The van der Waals surface area contributed by atoms with Crippen LogP contribution in [0, 0.1) is 6.92 Å². The Morgan fingerprint density at radius 3 is 2.29 bits per heavy atom. The quantitative estimate of drug-likeness (QED) is 0.195. The van der Waals surface area contributed by atoms with Gasteiger partial charge in [0.1, 0.15) is 12.4 Å². The third-order valence-electron chi connectivity index (χ3n) is 6.12. The fourth-order valence-corrected chi connectivity index (χ4v) is 4.13. The average Bonchev–Trinajstić information content (AvgIpc) is 2.96. The van der Waals surface area contributed by atoms with Crippen LogP contribution >= 0.6 is 11.6 Å². The number of nitrogens with zero attached hydrogens (tertiary/aromatic N) is 1. The zero-order valence-electron chi connectivity index (χ0n) is 23.6. The molecule has 3 N–H and O–H groups in total. The Labute approximate surface area is 249 Å². The predicted octanol–water partition coefficient (Wildman–Crippen LogP) is 4.25. The van der Waals surface area contributed by atoms with E-state index >= 15 is 0 Å². The minimum atomic E-state index is -1.09. The Bertz CT molecular complexity index is 1360. The highest BCUT2D eigenvalue weighted by Gasteiger charge is 2.21. The number of urea groups is 1. The average molecular weight is 602 g/mol. The smallest absolute Gasteiger partial charge is 0.319 e. The lowest BCUT2D eigenvalue weighted by Gasteiger charge is -2.19. The van der Waals surface area contributed by atoms with Crippen LogP contribution in [0.15, 0.2) is 65.6 Å². The zero-order valence-corrected chi connectivity index (χ0v) is 24.4. The molecule has 3 rings (SSSR count). The van der Waals surface area contributed by atoms with Crippen molar-refractivity contribution in [2.45, 2.75) is 25.9 Å². The van der Waals surface area contributed by atoms with Crippen molar-refractivity contribution in [1.29, 1.82) is 0 Å². The van der Waals surface area contributed by atoms with Crippen molar-refractivity contribution in [1.82, 2.24) is 9.88 Å². The summed E-state index contributed by atoms with van der Waals surface area (Å²) in [6.45, 7) is 4.10. The first-order chi connectivity index (χ1) is 20.3. The van der Waals surface area contributed by atoms with Gasteiger partial charge in [-0.25, -0.2) is 4.79 Å². The second-order valence-electron chi connectivity index (χ2n) is 9.31. The summed E-state index contributed by atoms with van der Waals surface area (Å²) >= 11 is 6.30. The molecule has 0 saturated heterocycles. The van der Waals surface area contributed by atoms with Crippen molar-refractivity contribution in [3.05, 3.63) is 92.9 Å². The maximum Gasteiger partial charge on any atom is 0.319 e. The van der Waals surface area contributed by atoms with E-state index in [-0.39, 0.29) is 37.6 Å². The van der Waals surface area contributed by atoms with Crippen molar-refractivity contribution < 1.29 is 33.6 Å². The van der Waals surface area contributed by atoms with Crippen LogP contribution in [-0.4, -0.2) is 68.4 Å². The molecule has 0 aliphatic rings. The van der Waals surface area contributed by atoms with Gasteiger partial charge in [-0.2, -0.15) is 0 Å². The number of pyridine rings is 1. The number of carbonyl (C=O) groups excluding carboxylic acids is 1. The number of hydrogen-bond donors (Lipinski definition) is 3. The van der Waals surface area contributed by atoms with E-state index in [1.54, 1.807) is 49.7 Å². The number of aliphatic carboxylic acids is 1. The maximum atomic E-state index is 13.5. The monoisotopic (exact) mass is 601 g/mol. The molecule has 0 aliphatic carbocycles. The summed E-state index contributed by atoms with van der Waals surface area (Å²) in [6.07, 6.45) is 1.20. The van der Waals surface area contributed by atoms with Crippen LogP contribution in [0.25, 0.3) is 0 Å². The molecule has 0 radical (unpaired) electrons. The van der Waals surface area contributed by atoms with Gasteiger partial charge in [-0.1, -0.05) is 59.6 Å². The molecule has 2 amide bonds. The lowest BCUT2D eigenvalue weighted by atomic mass is 10.0. The van der Waals surface area contributed by atoms with Crippen molar-refractivity contribution in [2.75, 3.05) is 52.1 Å². The summed E-state index contributed by atoms with van der Waals surface area (Å²) < 4.78 is 23.0. The Kier molecular flexibility index (Phi) is 13.3. The number of aryl methyl sites for hydroxylation is 1. The van der Waals surface area contributed by atoms with Gasteiger partial charge >= 0.3 is 12.0 Å². The van der Waals surface area contributed by atoms with E-state index in [1.807, 2.05) is 25.1 Å². The SMILES string of the molecule is COCCOCCOCCOc1ccn(Cc2ccccc2Cl)c(=O)c1NC(=O)N[C@@H](CC(=O)O)c1ccc(C)cc1. The molecule has 0 unspecified atom stereocenters. The van der Waals surface area contributed by atoms with Crippen molar-refractivity contribution >= 4 is 29.3 Å². The van der Waals surface area contributed by atoms with Crippen molar-refractivity contribution in [3.8, 4) is 5.75 Å². The largest absolute Gasteiger partial charge is 0.489 e. The molecular weight excluding hydrogens is 566 g/mol. The number of halogens is 1. The van der Waals surface area contributed by atoms with Crippen LogP contribution < -0.4 is 20.9 Å². The van der Waals surface area contributed by atoms with E-state index < -0.39 is 23.6 Å². The molecular formula is C30H36ClN3O8. The Morgan fingerprint density at radius 1 is 0.952 bits per heavy atom. The molecule has 226 valence electrons. The van der Waals surface area contributed by atoms with Crippen LogP contribution in [0.4, 0.5) is 10.5 Å². The van der Waals surface area contributed by atoms with E-state index in [9.17, 15) is 19.5 Å². The van der Waals surface area contributed by atoms with Crippen LogP contribution in [0.2, 0.25) is 5.02 Å². The first kappa shape index (κ1) is 32.6. The topological polar surface area (TPSA) is 137 Å². The Morgan fingerprint density at radius 2 is 1.62 bits per heavy atom. The van der Waals surface area contributed by atoms with Gasteiger partial charge in [-0.3, -0.25) is 9.59 Å². The van der Waals surface area contributed by atoms with Crippen LogP contribution in [0.5, 0.6) is 5.75 Å². The van der Waals surface area contributed by atoms with Gasteiger partial charge in [0.05, 0.1) is 52.0 Å². The van der Waals surface area contributed by atoms with Gasteiger partial charge in [-0.15, -0.1) is 0 Å². The summed E-state index contributed by atoms with van der Waals surface area (Å²) in [5.74, 6) is -0.952. The van der Waals surface area contributed by atoms with Crippen molar-refractivity contribution in [2.24, 2.45) is 0 Å². The van der Waals surface area contributed by atoms with Gasteiger partial charge in [0, 0.05) is 18.3 Å². The van der Waals surface area contributed by atoms with Crippen LogP contribution in [-0.2, 0) is 25.5 Å². The number of anilines is 1. The third kappa shape index (κ3) is 10.5. The number of carboxylic acid groups (broad SMARTS) is 1. The fraction of sp³-hybridized carbons (Fsp3) is 0.367. The predicted molar refractivity (Wildman–Crippen MR) is 159 cm³/mol. The molecule has 3 aromatic rings. The first-order valence-electron chi connectivity index (χ1n) is 13.4. The normalized spacial score (nSPS) is 11.6. The molecule has 0 fully saturated rings. The number of carbonyl (C=O) groups is 2. The lowest BCUT2D eigenvalue weighted by Crippen LogP contribution is -2.36. The standard InChI is InChI=1S/C30H36ClN3O8/c1-21-7-9-22(10-8-21)25(19-27(35)36)32-30(38)33-28-26(42-18-17-41-16-15-40-14-13-39-2)11-12-34(29(28)37)20-23-5-3-4-6-24(23)31/h3-12,25H,13-20H2,1-2H3,(H,35,36)(H2,32,33,38)/t25-/m0/s1. The lowest BCUT2D eigenvalue weighted by molar-refractivity contribution is -0.137. The van der Waals surface area contributed by atoms with Gasteiger partial charge in [0.2, 0.25) is 0 Å². The number of hydrogen-bond acceptors (Lipinski definition) is 7. The summed E-state index contributed by atoms with van der Waals surface area (Å²) in [6, 6.07) is 14.3. The van der Waals surface area contributed by atoms with Gasteiger partial charge < -0.3 is 39.3 Å². The summed E-state index contributed by atoms with van der Waals surface area (Å²) in [5, 5.41) is 15.2. The Balaban J connectivity index is 1.75. The maximum absolute atomic E-state index is 13.5. The third-order valence-corrected chi connectivity index (χ3v) is 6.49. The highest BCUT2D eigenvalue weighted by Crippen LogP contribution is 2.23. The highest BCUT2D eigenvalue weighted by atomic mass is 35.5. The molecule has 0 bridgehead atoms. The molecule has 1 heterocycles. The molecule has 42 heavy (non-hydrogen) atoms. The number of nitrogens with one attached hydrogen (secondary N) is 2. The number of methoxy groups -OCH3 is 1. The summed E-state index contributed by atoms with van der Waals surface area (Å²) in [7, 11) is 1.59. The number of rotatable bonds is 17. The number of aromatic nitrogens is 1. The van der Waals surface area contributed by atoms with Gasteiger partial charge in [0.25, 0.3) is 5.56 Å². The highest BCUT2D eigenvalue weighted by molar-refractivity contribution is 6.31. The molecule has 11 nitrogen and oxygen atoms in total. The van der Waals surface area contributed by atoms with E-state index in [4.69, 9.17) is 30.5 Å². The van der Waals surface area contributed by atoms with Gasteiger partial charge in [-0.05, 0) is 30.2 Å². The van der Waals surface area contributed by atoms with E-state index in [0.29, 0.717) is 42.6 Å². The number of benzene rings is 2. The van der Waals surface area contributed by atoms with Gasteiger partial charge in [0.15, 0.2) is 5.69 Å².